The van der Waals surface area contributed by atoms with Gasteiger partial charge in [0.05, 0.1) is 11.5 Å². The van der Waals surface area contributed by atoms with Crippen molar-refractivity contribution in [1.29, 1.82) is 0 Å². The fraction of sp³-hybridized carbons (Fsp3) is 0.304. The smallest absolute Gasteiger partial charge is 0.344 e. The Labute approximate surface area is 169 Å². The molecule has 1 atom stereocenters. The maximum absolute atomic E-state index is 12.8. The lowest BCUT2D eigenvalue weighted by Gasteiger charge is -2.12. The Morgan fingerprint density at radius 2 is 1.90 bits per heavy atom. The van der Waals surface area contributed by atoms with Gasteiger partial charge >= 0.3 is 5.97 Å². The highest BCUT2D eigenvalue weighted by molar-refractivity contribution is 5.79. The van der Waals surface area contributed by atoms with Crippen LogP contribution in [0.1, 0.15) is 31.4 Å². The van der Waals surface area contributed by atoms with Crippen LogP contribution in [0.5, 0.6) is 17.2 Å². The molecule has 0 N–H and O–H groups in total. The van der Waals surface area contributed by atoms with Crippen LogP contribution < -0.4 is 14.9 Å². The van der Waals surface area contributed by atoms with Gasteiger partial charge in [-0.05, 0) is 56.5 Å². The van der Waals surface area contributed by atoms with E-state index in [0.717, 1.165) is 17.5 Å². The van der Waals surface area contributed by atoms with Gasteiger partial charge in [-0.1, -0.05) is 19.1 Å². The van der Waals surface area contributed by atoms with Gasteiger partial charge < -0.3 is 18.6 Å². The number of benzene rings is 2. The van der Waals surface area contributed by atoms with Gasteiger partial charge in [0.25, 0.3) is 0 Å². The first-order valence-corrected chi connectivity index (χ1v) is 9.50. The second-order valence-corrected chi connectivity index (χ2v) is 6.96. The number of hydrogen-bond donors (Lipinski definition) is 0. The Balaban J connectivity index is 1.78. The van der Waals surface area contributed by atoms with E-state index >= 15 is 0 Å². The lowest BCUT2D eigenvalue weighted by atomic mass is 10.1. The van der Waals surface area contributed by atoms with Crippen LogP contribution in [-0.4, -0.2) is 18.7 Å². The predicted molar refractivity (Wildman–Crippen MR) is 110 cm³/mol. The van der Waals surface area contributed by atoms with Crippen LogP contribution in [0.15, 0.2) is 51.9 Å². The third kappa shape index (κ3) is 4.96. The summed E-state index contributed by atoms with van der Waals surface area (Å²) in [6, 6.07) is 10.5. The van der Waals surface area contributed by atoms with Crippen LogP contribution in [0.2, 0.25) is 0 Å². The Morgan fingerprint density at radius 3 is 2.66 bits per heavy atom. The molecule has 2 aromatic carbocycles. The predicted octanol–water partition coefficient (Wildman–Crippen LogP) is 4.92. The number of carbonyl (C=O) groups is 1. The zero-order chi connectivity index (χ0) is 21.0. The largest absolute Gasteiger partial charge is 0.482 e. The van der Waals surface area contributed by atoms with Gasteiger partial charge in [-0.15, -0.1) is 0 Å². The number of ether oxygens (including phenoxy) is 3. The van der Waals surface area contributed by atoms with Crippen LogP contribution in [-0.2, 0) is 9.53 Å². The van der Waals surface area contributed by atoms with Crippen molar-refractivity contribution in [3.8, 4) is 17.2 Å². The summed E-state index contributed by atoms with van der Waals surface area (Å²) < 4.78 is 22.0. The normalized spacial score (nSPS) is 11.9. The van der Waals surface area contributed by atoms with Crippen LogP contribution in [0.25, 0.3) is 11.0 Å². The molecule has 0 saturated carbocycles. The lowest BCUT2D eigenvalue weighted by molar-refractivity contribution is -0.150. The zero-order valence-electron chi connectivity index (χ0n) is 17.0. The summed E-state index contributed by atoms with van der Waals surface area (Å²) in [7, 11) is 0. The number of aryl methyl sites for hydroxylation is 2. The van der Waals surface area contributed by atoms with E-state index in [0.29, 0.717) is 22.5 Å². The fourth-order valence-corrected chi connectivity index (χ4v) is 2.67. The van der Waals surface area contributed by atoms with Crippen molar-refractivity contribution in [2.24, 2.45) is 0 Å². The topological polar surface area (TPSA) is 75.0 Å². The molecule has 0 unspecified atom stereocenters. The summed E-state index contributed by atoms with van der Waals surface area (Å²) in [5.74, 6) is 0.677. The lowest BCUT2D eigenvalue weighted by Crippen LogP contribution is -2.20. The molecule has 0 aliphatic rings. The molecule has 0 amide bonds. The third-order valence-electron chi connectivity index (χ3n) is 4.54. The molecule has 0 fully saturated rings. The molecule has 0 radical (unpaired) electrons. The molecule has 6 nitrogen and oxygen atoms in total. The highest BCUT2D eigenvalue weighted by Gasteiger charge is 2.13. The summed E-state index contributed by atoms with van der Waals surface area (Å²) in [5, 5.41) is 0.363. The summed E-state index contributed by atoms with van der Waals surface area (Å²) in [6.07, 6.45) is 1.86. The van der Waals surface area contributed by atoms with E-state index in [-0.39, 0.29) is 23.9 Å². The van der Waals surface area contributed by atoms with E-state index in [1.54, 1.807) is 18.2 Å². The third-order valence-corrected chi connectivity index (χ3v) is 4.54. The molecule has 1 aromatic heterocycles. The SMILES string of the molecule is CC[C@@H](C)OC(=O)COc1ccc2c(=O)c(Oc3cc(C)ccc3C)coc2c1. The molecule has 1 heterocycles. The van der Waals surface area contributed by atoms with Crippen molar-refractivity contribution in [3.63, 3.8) is 0 Å². The molecule has 29 heavy (non-hydrogen) atoms. The van der Waals surface area contributed by atoms with Gasteiger partial charge in [-0.2, -0.15) is 0 Å². The second kappa shape index (κ2) is 8.82. The number of fused-ring (bicyclic) bond motifs is 1. The Morgan fingerprint density at radius 1 is 1.10 bits per heavy atom. The maximum atomic E-state index is 12.8. The first-order valence-electron chi connectivity index (χ1n) is 9.50. The van der Waals surface area contributed by atoms with Gasteiger partial charge in [-0.3, -0.25) is 4.79 Å². The summed E-state index contributed by atoms with van der Waals surface area (Å²) in [5.41, 5.74) is 2.01. The van der Waals surface area contributed by atoms with Crippen LogP contribution in [0.3, 0.4) is 0 Å². The van der Waals surface area contributed by atoms with Gasteiger partial charge in [0.2, 0.25) is 11.2 Å². The molecule has 152 valence electrons. The molecule has 6 heteroatoms. The fourth-order valence-electron chi connectivity index (χ4n) is 2.67. The number of hydrogen-bond acceptors (Lipinski definition) is 6. The van der Waals surface area contributed by atoms with Crippen molar-refractivity contribution in [3.05, 3.63) is 64.0 Å². The Bertz CT molecular complexity index is 1080. The molecule has 0 bridgehead atoms. The molecule has 3 rings (SSSR count). The van der Waals surface area contributed by atoms with Crippen LogP contribution in [0.4, 0.5) is 0 Å². The summed E-state index contributed by atoms with van der Waals surface area (Å²) in [4.78, 5) is 24.5. The van der Waals surface area contributed by atoms with Crippen molar-refractivity contribution < 1.29 is 23.4 Å². The zero-order valence-corrected chi connectivity index (χ0v) is 17.0. The van der Waals surface area contributed by atoms with E-state index in [9.17, 15) is 9.59 Å². The minimum Gasteiger partial charge on any atom is -0.482 e. The maximum Gasteiger partial charge on any atom is 0.344 e. The van der Waals surface area contributed by atoms with E-state index in [1.807, 2.05) is 45.9 Å². The van der Waals surface area contributed by atoms with E-state index < -0.39 is 5.97 Å². The first kappa shape index (κ1) is 20.5. The van der Waals surface area contributed by atoms with E-state index in [1.165, 1.54) is 6.26 Å². The highest BCUT2D eigenvalue weighted by atomic mass is 16.6. The average molecular weight is 396 g/mol. The van der Waals surface area contributed by atoms with Crippen molar-refractivity contribution >= 4 is 16.9 Å². The monoisotopic (exact) mass is 396 g/mol. The van der Waals surface area contributed by atoms with Gasteiger partial charge in [0, 0.05) is 6.07 Å². The van der Waals surface area contributed by atoms with Crippen molar-refractivity contribution in [2.75, 3.05) is 6.61 Å². The second-order valence-electron chi connectivity index (χ2n) is 6.96. The quantitative estimate of drug-likeness (QED) is 0.528. The van der Waals surface area contributed by atoms with Gasteiger partial charge in [-0.25, -0.2) is 4.79 Å². The first-order chi connectivity index (χ1) is 13.9. The van der Waals surface area contributed by atoms with Gasteiger partial charge in [0.1, 0.15) is 23.3 Å². The summed E-state index contributed by atoms with van der Waals surface area (Å²) in [6.45, 7) is 7.40. The highest BCUT2D eigenvalue weighted by Crippen LogP contribution is 2.26. The molecule has 0 aliphatic carbocycles. The van der Waals surface area contributed by atoms with Crippen LogP contribution in [0, 0.1) is 13.8 Å². The minimum absolute atomic E-state index is 0.108. The standard InChI is InChI=1S/C23H24O6/c1-5-16(4)28-22(24)13-26-17-8-9-18-20(11-17)27-12-21(23(18)25)29-19-10-14(2)6-7-15(19)3/h6-12,16H,5,13H2,1-4H3/t16-/m1/s1. The van der Waals surface area contributed by atoms with Crippen LogP contribution >= 0.6 is 0 Å². The Hall–Kier alpha value is -3.28. The van der Waals surface area contributed by atoms with E-state index in [2.05, 4.69) is 0 Å². The number of rotatable bonds is 7. The average Bonchev–Trinajstić information content (AvgIpc) is 2.71. The molecular weight excluding hydrogens is 372 g/mol. The van der Waals surface area contributed by atoms with Crippen molar-refractivity contribution in [1.82, 2.24) is 0 Å². The number of esters is 1. The molecule has 0 saturated heterocycles. The number of carbonyl (C=O) groups excluding carboxylic acids is 1. The minimum atomic E-state index is -0.446. The molecule has 0 spiro atoms. The summed E-state index contributed by atoms with van der Waals surface area (Å²) >= 11 is 0. The molecule has 0 aliphatic heterocycles. The molecular formula is C23H24O6. The van der Waals surface area contributed by atoms with Crippen molar-refractivity contribution in [2.45, 2.75) is 40.2 Å². The Kier molecular flexibility index (Phi) is 6.22. The van der Waals surface area contributed by atoms with E-state index in [4.69, 9.17) is 18.6 Å². The van der Waals surface area contributed by atoms with Gasteiger partial charge in [0.15, 0.2) is 6.61 Å². The molecule has 3 aromatic rings.